The average Bonchev–Trinajstić information content (AvgIpc) is 2.41. The molecule has 0 amide bonds. The van der Waals surface area contributed by atoms with Crippen LogP contribution in [0.1, 0.15) is 44.7 Å². The van der Waals surface area contributed by atoms with E-state index in [1.54, 1.807) is 0 Å². The van der Waals surface area contributed by atoms with E-state index < -0.39 is 0 Å². The van der Waals surface area contributed by atoms with Crippen molar-refractivity contribution in [2.45, 2.75) is 59.1 Å². The van der Waals surface area contributed by atoms with Gasteiger partial charge in [0.05, 0.1) is 6.10 Å². The number of aryl methyl sites for hydroxylation is 1. The molecule has 2 nitrogen and oxygen atoms in total. The van der Waals surface area contributed by atoms with Crippen LogP contribution in [0.15, 0.2) is 24.3 Å². The molecule has 1 aromatic rings. The highest BCUT2D eigenvalue weighted by Crippen LogP contribution is 2.13. The van der Waals surface area contributed by atoms with Crippen molar-refractivity contribution in [2.24, 2.45) is 0 Å². The molecule has 108 valence electrons. The van der Waals surface area contributed by atoms with Gasteiger partial charge in [0.15, 0.2) is 0 Å². The van der Waals surface area contributed by atoms with E-state index in [1.807, 2.05) is 0 Å². The maximum Gasteiger partial charge on any atom is 0.0728 e. The summed E-state index contributed by atoms with van der Waals surface area (Å²) in [5.41, 5.74) is 2.72. The first-order chi connectivity index (χ1) is 9.21. The number of hydrogen-bond donors (Lipinski definition) is 1. The molecule has 0 heterocycles. The van der Waals surface area contributed by atoms with Gasteiger partial charge >= 0.3 is 0 Å². The largest absolute Gasteiger partial charge is 0.377 e. The van der Waals surface area contributed by atoms with E-state index in [0.29, 0.717) is 12.1 Å². The Morgan fingerprint density at radius 1 is 1.21 bits per heavy atom. The standard InChI is InChI=1S/C17H29NO/c1-5-11-18-16(17(6-2)19-7-3)13-15-10-8-9-14(4)12-15/h8-10,12,16-18H,5-7,11,13H2,1-4H3. The van der Waals surface area contributed by atoms with Crippen molar-refractivity contribution in [3.05, 3.63) is 35.4 Å². The molecule has 0 aliphatic rings. The van der Waals surface area contributed by atoms with Crippen LogP contribution in [0.25, 0.3) is 0 Å². The molecule has 2 heteroatoms. The molecule has 1 aromatic carbocycles. The Labute approximate surface area is 118 Å². The summed E-state index contributed by atoms with van der Waals surface area (Å²) in [6.07, 6.45) is 3.56. The lowest BCUT2D eigenvalue weighted by atomic mass is 9.98. The third kappa shape index (κ3) is 5.75. The molecule has 1 N–H and O–H groups in total. The van der Waals surface area contributed by atoms with E-state index in [0.717, 1.165) is 32.4 Å². The maximum atomic E-state index is 5.89. The van der Waals surface area contributed by atoms with E-state index in [-0.39, 0.29) is 0 Å². The minimum absolute atomic E-state index is 0.303. The Morgan fingerprint density at radius 2 is 2.00 bits per heavy atom. The molecule has 0 aliphatic heterocycles. The van der Waals surface area contributed by atoms with Crippen LogP contribution in [0, 0.1) is 6.92 Å². The van der Waals surface area contributed by atoms with Gasteiger partial charge in [0.2, 0.25) is 0 Å². The van der Waals surface area contributed by atoms with Gasteiger partial charge in [0.1, 0.15) is 0 Å². The predicted octanol–water partition coefficient (Wildman–Crippen LogP) is 3.72. The lowest BCUT2D eigenvalue weighted by Crippen LogP contribution is -2.43. The summed E-state index contributed by atoms with van der Waals surface area (Å²) in [5, 5.41) is 3.65. The summed E-state index contributed by atoms with van der Waals surface area (Å²) in [4.78, 5) is 0. The molecule has 0 spiro atoms. The monoisotopic (exact) mass is 263 g/mol. The SMILES string of the molecule is CCCNC(Cc1cccc(C)c1)C(CC)OCC. The fourth-order valence-corrected chi connectivity index (χ4v) is 2.49. The van der Waals surface area contributed by atoms with Crippen LogP contribution in [-0.2, 0) is 11.2 Å². The van der Waals surface area contributed by atoms with Crippen molar-refractivity contribution in [3.8, 4) is 0 Å². The predicted molar refractivity (Wildman–Crippen MR) is 82.7 cm³/mol. The second-order valence-electron chi connectivity index (χ2n) is 5.16. The summed E-state index contributed by atoms with van der Waals surface area (Å²) in [6, 6.07) is 9.19. The average molecular weight is 263 g/mol. The fraction of sp³-hybridized carbons (Fsp3) is 0.647. The molecule has 0 aliphatic carbocycles. The van der Waals surface area contributed by atoms with Gasteiger partial charge in [-0.3, -0.25) is 0 Å². The molecule has 1 rings (SSSR count). The molecule has 2 unspecified atom stereocenters. The molecule has 0 radical (unpaired) electrons. The van der Waals surface area contributed by atoms with Crippen LogP contribution in [0.4, 0.5) is 0 Å². The van der Waals surface area contributed by atoms with Crippen LogP contribution in [-0.4, -0.2) is 25.3 Å². The zero-order valence-electron chi connectivity index (χ0n) is 12.9. The van der Waals surface area contributed by atoms with E-state index in [4.69, 9.17) is 4.74 Å². The van der Waals surface area contributed by atoms with Crippen LogP contribution >= 0.6 is 0 Å². The quantitative estimate of drug-likeness (QED) is 0.733. The maximum absolute atomic E-state index is 5.89. The lowest BCUT2D eigenvalue weighted by molar-refractivity contribution is 0.0319. The lowest BCUT2D eigenvalue weighted by Gasteiger charge is -2.27. The van der Waals surface area contributed by atoms with Crippen molar-refractivity contribution in [3.63, 3.8) is 0 Å². The van der Waals surface area contributed by atoms with Gasteiger partial charge in [-0.2, -0.15) is 0 Å². The summed E-state index contributed by atoms with van der Waals surface area (Å²) in [7, 11) is 0. The summed E-state index contributed by atoms with van der Waals surface area (Å²) >= 11 is 0. The first kappa shape index (κ1) is 16.2. The van der Waals surface area contributed by atoms with Crippen molar-refractivity contribution in [1.29, 1.82) is 0 Å². The van der Waals surface area contributed by atoms with E-state index in [2.05, 4.69) is 57.3 Å². The number of nitrogens with one attached hydrogen (secondary N) is 1. The van der Waals surface area contributed by atoms with Gasteiger partial charge in [-0.05, 0) is 45.2 Å². The Hall–Kier alpha value is -0.860. The molecule has 0 saturated carbocycles. The Bertz CT molecular complexity index is 351. The Morgan fingerprint density at radius 3 is 2.58 bits per heavy atom. The first-order valence-electron chi connectivity index (χ1n) is 7.61. The minimum Gasteiger partial charge on any atom is -0.377 e. The van der Waals surface area contributed by atoms with Crippen molar-refractivity contribution in [1.82, 2.24) is 5.32 Å². The van der Waals surface area contributed by atoms with Gasteiger partial charge in [0, 0.05) is 12.6 Å². The van der Waals surface area contributed by atoms with Crippen LogP contribution < -0.4 is 5.32 Å². The van der Waals surface area contributed by atoms with E-state index in [9.17, 15) is 0 Å². The number of rotatable bonds is 9. The smallest absolute Gasteiger partial charge is 0.0728 e. The molecule has 19 heavy (non-hydrogen) atoms. The Balaban J connectivity index is 2.72. The molecule has 0 saturated heterocycles. The van der Waals surface area contributed by atoms with Crippen LogP contribution in [0.5, 0.6) is 0 Å². The van der Waals surface area contributed by atoms with Crippen molar-refractivity contribution >= 4 is 0 Å². The van der Waals surface area contributed by atoms with Crippen molar-refractivity contribution in [2.75, 3.05) is 13.2 Å². The van der Waals surface area contributed by atoms with E-state index >= 15 is 0 Å². The van der Waals surface area contributed by atoms with Gasteiger partial charge in [-0.15, -0.1) is 0 Å². The third-order valence-corrected chi connectivity index (χ3v) is 3.43. The minimum atomic E-state index is 0.303. The fourth-order valence-electron chi connectivity index (χ4n) is 2.49. The Kier molecular flexibility index (Phi) is 7.76. The zero-order valence-corrected chi connectivity index (χ0v) is 12.9. The molecular weight excluding hydrogens is 234 g/mol. The van der Waals surface area contributed by atoms with Gasteiger partial charge in [-0.1, -0.05) is 43.7 Å². The highest BCUT2D eigenvalue weighted by atomic mass is 16.5. The van der Waals surface area contributed by atoms with Gasteiger partial charge in [-0.25, -0.2) is 0 Å². The highest BCUT2D eigenvalue weighted by molar-refractivity contribution is 5.23. The topological polar surface area (TPSA) is 21.3 Å². The molecular formula is C17H29NO. The van der Waals surface area contributed by atoms with E-state index in [1.165, 1.54) is 11.1 Å². The second-order valence-corrected chi connectivity index (χ2v) is 5.16. The van der Waals surface area contributed by atoms with Crippen LogP contribution in [0.3, 0.4) is 0 Å². The summed E-state index contributed by atoms with van der Waals surface area (Å²) in [6.45, 7) is 10.5. The molecule has 0 bridgehead atoms. The van der Waals surface area contributed by atoms with Gasteiger partial charge < -0.3 is 10.1 Å². The number of hydrogen-bond acceptors (Lipinski definition) is 2. The van der Waals surface area contributed by atoms with Crippen LogP contribution in [0.2, 0.25) is 0 Å². The summed E-state index contributed by atoms with van der Waals surface area (Å²) < 4.78 is 5.89. The highest BCUT2D eigenvalue weighted by Gasteiger charge is 2.19. The number of benzene rings is 1. The first-order valence-corrected chi connectivity index (χ1v) is 7.61. The summed E-state index contributed by atoms with van der Waals surface area (Å²) in [5.74, 6) is 0. The van der Waals surface area contributed by atoms with Gasteiger partial charge in [0.25, 0.3) is 0 Å². The molecule has 0 aromatic heterocycles. The molecule has 0 fully saturated rings. The zero-order chi connectivity index (χ0) is 14.1. The molecule has 2 atom stereocenters. The number of ether oxygens (including phenoxy) is 1. The third-order valence-electron chi connectivity index (χ3n) is 3.43. The normalized spacial score (nSPS) is 14.3. The van der Waals surface area contributed by atoms with Crippen molar-refractivity contribution < 1.29 is 4.74 Å². The second kappa shape index (κ2) is 9.11.